The minimum absolute atomic E-state index is 0.833. The highest BCUT2D eigenvalue weighted by molar-refractivity contribution is 5.14. The number of hydrogen-bond acceptors (Lipinski definition) is 3. The molecule has 0 radical (unpaired) electrons. The van der Waals surface area contributed by atoms with Crippen LogP contribution in [-0.2, 0) is 6.54 Å². The first-order chi connectivity index (χ1) is 13.3. The fourth-order valence-corrected chi connectivity index (χ4v) is 6.03. The Morgan fingerprint density at radius 3 is 2.22 bits per heavy atom. The zero-order chi connectivity index (χ0) is 18.1. The summed E-state index contributed by atoms with van der Waals surface area (Å²) in [6, 6.07) is 11.8. The number of nitrogens with zero attached hydrogens (tertiary/aromatic N) is 3. The van der Waals surface area contributed by atoms with Gasteiger partial charge in [-0.05, 0) is 62.1 Å². The Kier molecular flexibility index (Phi) is 5.35. The van der Waals surface area contributed by atoms with E-state index in [9.17, 15) is 0 Å². The zero-order valence-electron chi connectivity index (χ0n) is 16.7. The van der Waals surface area contributed by atoms with E-state index in [0.717, 1.165) is 30.3 Å². The minimum Gasteiger partial charge on any atom is -0.303 e. The van der Waals surface area contributed by atoms with E-state index in [1.54, 1.807) is 0 Å². The Labute approximate surface area is 165 Å². The van der Waals surface area contributed by atoms with Gasteiger partial charge in [-0.15, -0.1) is 0 Å². The number of allylic oxidation sites excluding steroid dienone is 2. The SMILES string of the molecule is C1=C[C@H]2C[C@H]1C[C@H]2CN1CCC(N2CCN(Cc3ccccc3)CC2)CC1. The summed E-state index contributed by atoms with van der Waals surface area (Å²) in [5.41, 5.74) is 1.45. The molecule has 0 N–H and O–H groups in total. The van der Waals surface area contributed by atoms with Gasteiger partial charge in [0.15, 0.2) is 0 Å². The summed E-state index contributed by atoms with van der Waals surface area (Å²) in [7, 11) is 0. The molecule has 0 aromatic heterocycles. The summed E-state index contributed by atoms with van der Waals surface area (Å²) in [6.07, 6.45) is 10.7. The van der Waals surface area contributed by atoms with Gasteiger partial charge in [0, 0.05) is 45.3 Å². The van der Waals surface area contributed by atoms with E-state index in [4.69, 9.17) is 0 Å². The van der Waals surface area contributed by atoms with Crippen LogP contribution >= 0.6 is 0 Å². The van der Waals surface area contributed by atoms with Crippen molar-refractivity contribution >= 4 is 0 Å². The molecule has 146 valence electrons. The Morgan fingerprint density at radius 1 is 0.778 bits per heavy atom. The molecule has 2 heterocycles. The molecule has 3 nitrogen and oxygen atoms in total. The van der Waals surface area contributed by atoms with E-state index in [1.807, 2.05) is 0 Å². The van der Waals surface area contributed by atoms with Crippen LogP contribution in [-0.4, -0.2) is 66.6 Å². The van der Waals surface area contributed by atoms with Gasteiger partial charge in [0.05, 0.1) is 0 Å². The molecule has 1 aromatic carbocycles. The predicted octanol–water partition coefficient (Wildman–Crippen LogP) is 3.48. The van der Waals surface area contributed by atoms with Gasteiger partial charge in [-0.25, -0.2) is 0 Å². The number of benzene rings is 1. The number of fused-ring (bicyclic) bond motifs is 2. The van der Waals surface area contributed by atoms with E-state index >= 15 is 0 Å². The molecule has 1 saturated carbocycles. The second kappa shape index (κ2) is 8.06. The number of piperidine rings is 1. The van der Waals surface area contributed by atoms with Crippen LogP contribution in [0.5, 0.6) is 0 Å². The average Bonchev–Trinajstić information content (AvgIpc) is 3.33. The van der Waals surface area contributed by atoms with Gasteiger partial charge in [-0.2, -0.15) is 0 Å². The molecule has 2 bridgehead atoms. The van der Waals surface area contributed by atoms with Gasteiger partial charge in [-0.3, -0.25) is 9.80 Å². The Bertz CT molecular complexity index is 626. The van der Waals surface area contributed by atoms with Crippen LogP contribution in [0.4, 0.5) is 0 Å². The molecule has 2 saturated heterocycles. The first-order valence-corrected chi connectivity index (χ1v) is 11.2. The lowest BCUT2D eigenvalue weighted by molar-refractivity contribution is 0.0520. The van der Waals surface area contributed by atoms with Crippen LogP contribution in [0, 0.1) is 17.8 Å². The maximum atomic E-state index is 2.79. The van der Waals surface area contributed by atoms with Crippen LogP contribution in [0.2, 0.25) is 0 Å². The third-order valence-electron chi connectivity index (χ3n) is 7.64. The maximum Gasteiger partial charge on any atom is 0.0234 e. The van der Waals surface area contributed by atoms with E-state index in [2.05, 4.69) is 57.2 Å². The van der Waals surface area contributed by atoms with Crippen molar-refractivity contribution in [2.45, 2.75) is 38.3 Å². The molecule has 2 aliphatic carbocycles. The number of hydrogen-bond donors (Lipinski definition) is 0. The molecular formula is C24H35N3. The van der Waals surface area contributed by atoms with Crippen LogP contribution in [0.25, 0.3) is 0 Å². The van der Waals surface area contributed by atoms with Crippen molar-refractivity contribution in [1.82, 2.24) is 14.7 Å². The second-order valence-corrected chi connectivity index (χ2v) is 9.37. The lowest BCUT2D eigenvalue weighted by Gasteiger charge is -2.43. The predicted molar refractivity (Wildman–Crippen MR) is 112 cm³/mol. The van der Waals surface area contributed by atoms with Gasteiger partial charge < -0.3 is 4.90 Å². The van der Waals surface area contributed by atoms with Crippen LogP contribution in [0.1, 0.15) is 31.2 Å². The Hall–Kier alpha value is -1.16. The first kappa shape index (κ1) is 17.9. The van der Waals surface area contributed by atoms with Crippen LogP contribution in [0.15, 0.2) is 42.5 Å². The normalized spacial score (nSPS) is 33.1. The van der Waals surface area contributed by atoms with Gasteiger partial charge in [0.1, 0.15) is 0 Å². The molecule has 1 aromatic rings. The molecule has 2 aliphatic heterocycles. The molecule has 0 unspecified atom stereocenters. The highest BCUT2D eigenvalue weighted by atomic mass is 15.3. The van der Waals surface area contributed by atoms with E-state index in [0.29, 0.717) is 0 Å². The monoisotopic (exact) mass is 365 g/mol. The van der Waals surface area contributed by atoms with E-state index in [1.165, 1.54) is 77.1 Å². The van der Waals surface area contributed by atoms with Gasteiger partial charge in [0.2, 0.25) is 0 Å². The largest absolute Gasteiger partial charge is 0.303 e. The quantitative estimate of drug-likeness (QED) is 0.740. The molecule has 27 heavy (non-hydrogen) atoms. The highest BCUT2D eigenvalue weighted by Crippen LogP contribution is 2.43. The molecular weight excluding hydrogens is 330 g/mol. The standard InChI is InChI=1S/C24H35N3/c1-2-4-20(5-3-1)18-26-12-14-27(15-13-26)24-8-10-25(11-9-24)19-23-17-21-6-7-22(23)16-21/h1-7,21-24H,8-19H2/t21-,22-,23-/m0/s1. The fourth-order valence-electron chi connectivity index (χ4n) is 6.03. The number of rotatable bonds is 5. The van der Waals surface area contributed by atoms with Gasteiger partial charge >= 0.3 is 0 Å². The summed E-state index contributed by atoms with van der Waals surface area (Å²) in [6.45, 7) is 10.1. The molecule has 4 aliphatic rings. The first-order valence-electron chi connectivity index (χ1n) is 11.2. The van der Waals surface area contributed by atoms with Crippen molar-refractivity contribution < 1.29 is 0 Å². The lowest BCUT2D eigenvalue weighted by atomic mass is 9.92. The second-order valence-electron chi connectivity index (χ2n) is 9.37. The van der Waals surface area contributed by atoms with Crippen molar-refractivity contribution in [2.75, 3.05) is 45.8 Å². The molecule has 3 atom stereocenters. The summed E-state index contributed by atoms with van der Waals surface area (Å²) < 4.78 is 0. The van der Waals surface area contributed by atoms with Gasteiger partial charge in [-0.1, -0.05) is 42.5 Å². The Balaban J connectivity index is 1.04. The maximum absolute atomic E-state index is 2.79. The number of piperazine rings is 1. The molecule has 0 amide bonds. The molecule has 5 rings (SSSR count). The van der Waals surface area contributed by atoms with Crippen LogP contribution in [0.3, 0.4) is 0 Å². The van der Waals surface area contributed by atoms with Crippen molar-refractivity contribution in [2.24, 2.45) is 17.8 Å². The molecule has 3 fully saturated rings. The highest BCUT2D eigenvalue weighted by Gasteiger charge is 2.37. The van der Waals surface area contributed by atoms with Crippen molar-refractivity contribution in [3.63, 3.8) is 0 Å². The van der Waals surface area contributed by atoms with Crippen molar-refractivity contribution in [1.29, 1.82) is 0 Å². The summed E-state index contributed by atoms with van der Waals surface area (Å²) in [5, 5.41) is 0. The van der Waals surface area contributed by atoms with E-state index in [-0.39, 0.29) is 0 Å². The summed E-state index contributed by atoms with van der Waals surface area (Å²) in [4.78, 5) is 8.20. The van der Waals surface area contributed by atoms with Gasteiger partial charge in [0.25, 0.3) is 0 Å². The topological polar surface area (TPSA) is 9.72 Å². The average molecular weight is 366 g/mol. The lowest BCUT2D eigenvalue weighted by Crippen LogP contribution is -2.53. The summed E-state index contributed by atoms with van der Waals surface area (Å²) >= 11 is 0. The zero-order valence-corrected chi connectivity index (χ0v) is 16.7. The van der Waals surface area contributed by atoms with Crippen molar-refractivity contribution in [3.8, 4) is 0 Å². The van der Waals surface area contributed by atoms with E-state index < -0.39 is 0 Å². The third kappa shape index (κ3) is 4.16. The van der Waals surface area contributed by atoms with Crippen molar-refractivity contribution in [3.05, 3.63) is 48.0 Å². The number of likely N-dealkylation sites (tertiary alicyclic amines) is 1. The fraction of sp³-hybridized carbons (Fsp3) is 0.667. The Morgan fingerprint density at radius 2 is 1.56 bits per heavy atom. The smallest absolute Gasteiger partial charge is 0.0234 e. The minimum atomic E-state index is 0.833. The van der Waals surface area contributed by atoms with Crippen LogP contribution < -0.4 is 0 Å². The summed E-state index contributed by atoms with van der Waals surface area (Å²) in [5.74, 6) is 2.79. The molecule has 0 spiro atoms. The third-order valence-corrected chi connectivity index (χ3v) is 7.64. The molecule has 3 heteroatoms.